The minimum absolute atomic E-state index is 0.376. The molecule has 0 amide bonds. The van der Waals surface area contributed by atoms with Gasteiger partial charge < -0.3 is 15.1 Å². The molecule has 3 aromatic heterocycles. The predicted molar refractivity (Wildman–Crippen MR) is 179 cm³/mol. The van der Waals surface area contributed by atoms with Gasteiger partial charge in [0.25, 0.3) is 0 Å². The van der Waals surface area contributed by atoms with Crippen LogP contribution < -0.4 is 26.5 Å². The van der Waals surface area contributed by atoms with Crippen LogP contribution in [0.3, 0.4) is 0 Å². The van der Waals surface area contributed by atoms with Crippen molar-refractivity contribution in [3.05, 3.63) is 109 Å². The van der Waals surface area contributed by atoms with Gasteiger partial charge in [-0.25, -0.2) is 9.59 Å². The van der Waals surface area contributed by atoms with E-state index >= 15 is 0 Å². The summed E-state index contributed by atoms with van der Waals surface area (Å²) in [6.07, 6.45) is 0. The van der Waals surface area contributed by atoms with Gasteiger partial charge in [0.2, 0.25) is 0 Å². The Morgan fingerprint density at radius 1 is 0.767 bits per heavy atom. The molecular formula is C31H27Cl2N7O2S. The fourth-order valence-electron chi connectivity index (χ4n) is 5.04. The zero-order chi connectivity index (χ0) is 30.4. The Morgan fingerprint density at radius 3 is 1.95 bits per heavy atom. The summed E-state index contributed by atoms with van der Waals surface area (Å²) >= 11 is 14.1. The lowest BCUT2D eigenvalue weighted by atomic mass is 10.2. The molecule has 0 aliphatic rings. The van der Waals surface area contributed by atoms with E-state index in [0.29, 0.717) is 44.9 Å². The van der Waals surface area contributed by atoms with Gasteiger partial charge in [0.05, 0.1) is 16.7 Å². The van der Waals surface area contributed by atoms with Gasteiger partial charge in [0.15, 0.2) is 0 Å². The molecule has 0 aliphatic heterocycles. The Bertz CT molecular complexity index is 2140. The summed E-state index contributed by atoms with van der Waals surface area (Å²) in [6.45, 7) is 0.496. The van der Waals surface area contributed by atoms with E-state index in [2.05, 4.69) is 15.3 Å². The average Bonchev–Trinajstić information content (AvgIpc) is 3.43. The Labute approximate surface area is 261 Å². The molecule has 6 aromatic rings. The molecule has 0 atom stereocenters. The second-order valence-electron chi connectivity index (χ2n) is 10.4. The molecule has 3 aromatic carbocycles. The van der Waals surface area contributed by atoms with Crippen LogP contribution in [0.15, 0.2) is 81.7 Å². The zero-order valence-electron chi connectivity index (χ0n) is 23.8. The van der Waals surface area contributed by atoms with Gasteiger partial charge in [-0.1, -0.05) is 29.3 Å². The van der Waals surface area contributed by atoms with Gasteiger partial charge in [0.1, 0.15) is 16.6 Å². The third-order valence-corrected chi connectivity index (χ3v) is 8.41. The van der Waals surface area contributed by atoms with E-state index in [4.69, 9.17) is 23.2 Å². The van der Waals surface area contributed by atoms with E-state index in [1.807, 2.05) is 85.8 Å². The number of hydrogen-bond acceptors (Lipinski definition) is 8. The number of benzene rings is 3. The molecule has 0 bridgehead atoms. The van der Waals surface area contributed by atoms with Gasteiger partial charge in [-0.15, -0.1) is 11.3 Å². The van der Waals surface area contributed by atoms with Crippen LogP contribution in [0.25, 0.3) is 32.5 Å². The average molecular weight is 633 g/mol. The predicted octanol–water partition coefficient (Wildman–Crippen LogP) is 6.20. The molecule has 0 saturated heterocycles. The SMILES string of the molecule is CN(C)c1nc(=O)n(-c2cccc(NCc3csc(-n4c(=O)nc(N(C)C)c5ccc(Cl)cc54)c3)c2)c2cc(Cl)ccc12. The van der Waals surface area contributed by atoms with Crippen molar-refractivity contribution >= 4 is 73.7 Å². The lowest BCUT2D eigenvalue weighted by molar-refractivity contribution is 0.936. The molecule has 0 saturated carbocycles. The van der Waals surface area contributed by atoms with E-state index in [-0.39, 0.29) is 5.69 Å². The topological polar surface area (TPSA) is 88.3 Å². The number of hydrogen-bond donors (Lipinski definition) is 1. The quantitative estimate of drug-likeness (QED) is 0.224. The third-order valence-electron chi connectivity index (χ3n) is 6.98. The summed E-state index contributed by atoms with van der Waals surface area (Å²) < 4.78 is 3.16. The number of aromatic nitrogens is 4. The van der Waals surface area contributed by atoms with Gasteiger partial charge in [-0.05, 0) is 71.6 Å². The highest BCUT2D eigenvalue weighted by Crippen LogP contribution is 2.30. The first-order valence-corrected chi connectivity index (χ1v) is 15.0. The molecule has 6 rings (SSSR count). The molecule has 12 heteroatoms. The molecule has 0 unspecified atom stereocenters. The lowest BCUT2D eigenvalue weighted by Gasteiger charge is -2.18. The summed E-state index contributed by atoms with van der Waals surface area (Å²) in [5.41, 5.74) is 3.04. The fourth-order valence-corrected chi connectivity index (χ4v) is 6.30. The summed E-state index contributed by atoms with van der Waals surface area (Å²) in [5, 5.41) is 8.88. The van der Waals surface area contributed by atoms with E-state index in [1.54, 1.807) is 33.4 Å². The lowest BCUT2D eigenvalue weighted by Crippen LogP contribution is -2.25. The summed E-state index contributed by atoms with van der Waals surface area (Å²) in [7, 11) is 7.41. The number of halogens is 2. The number of thiophene rings is 1. The van der Waals surface area contributed by atoms with Crippen molar-refractivity contribution in [2.75, 3.05) is 43.3 Å². The van der Waals surface area contributed by atoms with Crippen LogP contribution in [0.5, 0.6) is 0 Å². The molecule has 0 fully saturated rings. The Kier molecular flexibility index (Phi) is 7.59. The van der Waals surface area contributed by atoms with E-state index in [9.17, 15) is 9.59 Å². The number of nitrogens with one attached hydrogen (secondary N) is 1. The molecule has 43 heavy (non-hydrogen) atoms. The summed E-state index contributed by atoms with van der Waals surface area (Å²) in [6, 6.07) is 20.4. The number of rotatable bonds is 7. The van der Waals surface area contributed by atoms with Crippen LogP contribution >= 0.6 is 34.5 Å². The van der Waals surface area contributed by atoms with Crippen LogP contribution in [0.4, 0.5) is 17.3 Å². The highest BCUT2D eigenvalue weighted by Gasteiger charge is 2.16. The third kappa shape index (κ3) is 5.45. The smallest absolute Gasteiger partial charge is 0.355 e. The van der Waals surface area contributed by atoms with E-state index in [0.717, 1.165) is 27.0 Å². The summed E-state index contributed by atoms with van der Waals surface area (Å²) in [5.74, 6) is 1.17. The van der Waals surface area contributed by atoms with Crippen LogP contribution in [-0.2, 0) is 6.54 Å². The summed E-state index contributed by atoms with van der Waals surface area (Å²) in [4.78, 5) is 38.7. The minimum Gasteiger partial charge on any atom is -0.381 e. The fraction of sp³-hybridized carbons (Fsp3) is 0.161. The second-order valence-corrected chi connectivity index (χ2v) is 12.2. The van der Waals surface area contributed by atoms with Gasteiger partial charge in [-0.2, -0.15) is 9.97 Å². The van der Waals surface area contributed by atoms with Crippen molar-refractivity contribution in [2.24, 2.45) is 0 Å². The van der Waals surface area contributed by atoms with Crippen LogP contribution in [-0.4, -0.2) is 47.3 Å². The van der Waals surface area contributed by atoms with Crippen LogP contribution in [0.2, 0.25) is 10.0 Å². The number of anilines is 3. The molecule has 3 heterocycles. The number of fused-ring (bicyclic) bond motifs is 2. The van der Waals surface area contributed by atoms with Crippen LogP contribution in [0.1, 0.15) is 5.56 Å². The van der Waals surface area contributed by atoms with Crippen molar-refractivity contribution in [1.82, 2.24) is 19.1 Å². The molecule has 0 aliphatic carbocycles. The highest BCUT2D eigenvalue weighted by atomic mass is 35.5. The van der Waals surface area contributed by atoms with Gasteiger partial charge in [-0.3, -0.25) is 9.13 Å². The highest BCUT2D eigenvalue weighted by molar-refractivity contribution is 7.12. The Hall–Kier alpha value is -4.38. The van der Waals surface area contributed by atoms with E-state index in [1.165, 1.54) is 11.3 Å². The molecular weight excluding hydrogens is 605 g/mol. The largest absolute Gasteiger partial charge is 0.381 e. The maximum atomic E-state index is 13.2. The number of nitrogens with zero attached hydrogens (tertiary/aromatic N) is 6. The second kappa shape index (κ2) is 11.4. The van der Waals surface area contributed by atoms with Crippen molar-refractivity contribution in [2.45, 2.75) is 6.54 Å². The van der Waals surface area contributed by atoms with Crippen molar-refractivity contribution in [1.29, 1.82) is 0 Å². The Balaban J connectivity index is 1.32. The molecule has 218 valence electrons. The zero-order valence-corrected chi connectivity index (χ0v) is 26.1. The van der Waals surface area contributed by atoms with Gasteiger partial charge in [0, 0.05) is 61.2 Å². The Morgan fingerprint density at radius 2 is 1.35 bits per heavy atom. The maximum absolute atomic E-state index is 13.2. The minimum atomic E-state index is -0.398. The monoisotopic (exact) mass is 631 g/mol. The first kappa shape index (κ1) is 28.7. The molecule has 9 nitrogen and oxygen atoms in total. The molecule has 1 N–H and O–H groups in total. The normalized spacial score (nSPS) is 11.3. The van der Waals surface area contributed by atoms with Crippen molar-refractivity contribution in [3.63, 3.8) is 0 Å². The first-order chi connectivity index (χ1) is 20.6. The van der Waals surface area contributed by atoms with Crippen molar-refractivity contribution < 1.29 is 0 Å². The molecule has 0 radical (unpaired) electrons. The molecule has 0 spiro atoms. The van der Waals surface area contributed by atoms with Gasteiger partial charge >= 0.3 is 11.4 Å². The van der Waals surface area contributed by atoms with Crippen molar-refractivity contribution in [3.8, 4) is 10.7 Å². The van der Waals surface area contributed by atoms with E-state index < -0.39 is 5.69 Å². The standard InChI is InChI=1S/C31H27Cl2N7O2S/c1-37(2)28-23-10-8-19(32)13-25(23)39(30(41)35-28)22-7-5-6-21(15-22)34-16-18-12-27(43-17-18)40-26-14-20(33)9-11-24(26)29(38(3)4)36-31(40)42/h5-15,17,34H,16H2,1-4H3. The first-order valence-electron chi connectivity index (χ1n) is 13.3. The van der Waals surface area contributed by atoms with Crippen LogP contribution in [0, 0.1) is 0 Å². The maximum Gasteiger partial charge on any atom is 0.355 e.